The molecule has 0 aliphatic carbocycles. The SMILES string of the molecule is CC(C)O[PH](O)(CC(=O)N(C)C)OC(C)C. The molecule has 0 saturated heterocycles. The number of nitrogens with zero attached hydrogens (tertiary/aromatic N) is 1. The number of rotatable bonds is 6. The first kappa shape index (κ1) is 15.8. The van der Waals surface area contributed by atoms with Crippen molar-refractivity contribution >= 4 is 13.9 Å². The standard InChI is InChI=1S/C10H24NO4P/c1-8(2)14-16(13,15-9(3)4)7-10(12)11(5)6/h8-9,13,16H,7H2,1-6H3. The van der Waals surface area contributed by atoms with E-state index in [0.717, 1.165) is 0 Å². The van der Waals surface area contributed by atoms with Crippen LogP contribution >= 0.6 is 7.94 Å². The Morgan fingerprint density at radius 3 is 1.81 bits per heavy atom. The van der Waals surface area contributed by atoms with Crippen LogP contribution in [0.3, 0.4) is 0 Å². The molecule has 0 spiro atoms. The molecule has 0 rings (SSSR count). The molecule has 0 unspecified atom stereocenters. The predicted octanol–water partition coefficient (Wildman–Crippen LogP) is 1.41. The van der Waals surface area contributed by atoms with Crippen molar-refractivity contribution in [2.45, 2.75) is 39.9 Å². The summed E-state index contributed by atoms with van der Waals surface area (Å²) >= 11 is 0. The molecule has 1 amide bonds. The third kappa shape index (κ3) is 6.38. The van der Waals surface area contributed by atoms with Gasteiger partial charge in [-0.15, -0.1) is 0 Å². The molecule has 0 bridgehead atoms. The van der Waals surface area contributed by atoms with Gasteiger partial charge < -0.3 is 0 Å². The van der Waals surface area contributed by atoms with Crippen molar-refractivity contribution in [2.24, 2.45) is 0 Å². The molecule has 0 atom stereocenters. The second-order valence-electron chi connectivity index (χ2n) is 4.51. The second-order valence-corrected chi connectivity index (χ2v) is 6.76. The van der Waals surface area contributed by atoms with Crippen molar-refractivity contribution in [3.8, 4) is 0 Å². The Hall–Kier alpha value is -0.220. The molecule has 0 aromatic rings. The molecule has 98 valence electrons. The van der Waals surface area contributed by atoms with E-state index >= 15 is 0 Å². The van der Waals surface area contributed by atoms with Crippen molar-refractivity contribution in [3.05, 3.63) is 0 Å². The van der Waals surface area contributed by atoms with E-state index in [0.29, 0.717) is 0 Å². The van der Waals surface area contributed by atoms with Crippen LogP contribution in [0.25, 0.3) is 0 Å². The molecule has 0 fully saturated rings. The zero-order valence-electron chi connectivity index (χ0n) is 11.0. The summed E-state index contributed by atoms with van der Waals surface area (Å²) in [6.07, 6.45) is -0.396. The van der Waals surface area contributed by atoms with Crippen LogP contribution in [0.2, 0.25) is 0 Å². The van der Waals surface area contributed by atoms with Gasteiger partial charge in [0.05, 0.1) is 0 Å². The fourth-order valence-electron chi connectivity index (χ4n) is 1.20. The zero-order chi connectivity index (χ0) is 12.9. The Labute approximate surface area is 98.3 Å². The number of amides is 1. The number of hydrogen-bond acceptors (Lipinski definition) is 4. The van der Waals surface area contributed by atoms with Crippen LogP contribution in [0.15, 0.2) is 0 Å². The van der Waals surface area contributed by atoms with Crippen molar-refractivity contribution in [1.29, 1.82) is 0 Å². The van der Waals surface area contributed by atoms with Crippen molar-refractivity contribution in [2.75, 3.05) is 20.3 Å². The quantitative estimate of drug-likeness (QED) is 0.727. The summed E-state index contributed by atoms with van der Waals surface area (Å²) in [6.45, 7) is 7.23. The van der Waals surface area contributed by atoms with Gasteiger partial charge in [0.2, 0.25) is 0 Å². The average molecular weight is 253 g/mol. The van der Waals surface area contributed by atoms with Crippen molar-refractivity contribution < 1.29 is 18.7 Å². The van der Waals surface area contributed by atoms with Gasteiger partial charge in [-0.1, -0.05) is 0 Å². The summed E-state index contributed by atoms with van der Waals surface area (Å²) < 4.78 is 10.8. The van der Waals surface area contributed by atoms with Crippen LogP contribution in [-0.2, 0) is 13.8 Å². The van der Waals surface area contributed by atoms with Crippen LogP contribution in [0.1, 0.15) is 27.7 Å². The topological polar surface area (TPSA) is 59.0 Å². The van der Waals surface area contributed by atoms with Gasteiger partial charge in [-0.2, -0.15) is 0 Å². The monoisotopic (exact) mass is 253 g/mol. The first-order chi connectivity index (χ1) is 7.16. The third-order valence-corrected chi connectivity index (χ3v) is 4.14. The summed E-state index contributed by atoms with van der Waals surface area (Å²) in [6, 6.07) is 0. The first-order valence-electron chi connectivity index (χ1n) is 5.44. The molecule has 0 radical (unpaired) electrons. The Morgan fingerprint density at radius 1 is 1.19 bits per heavy atom. The predicted molar refractivity (Wildman–Crippen MR) is 66.5 cm³/mol. The Morgan fingerprint density at radius 2 is 1.56 bits per heavy atom. The molecule has 0 aliphatic rings. The second kappa shape index (κ2) is 6.50. The molecule has 0 aromatic heterocycles. The fourth-order valence-corrected chi connectivity index (χ4v) is 3.59. The van der Waals surface area contributed by atoms with E-state index < -0.39 is 7.94 Å². The van der Waals surface area contributed by atoms with Gasteiger partial charge in [-0.25, -0.2) is 0 Å². The minimum absolute atomic E-state index is 0.0731. The van der Waals surface area contributed by atoms with Gasteiger partial charge in [0.25, 0.3) is 0 Å². The number of carbonyl (C=O) groups is 1. The number of carbonyl (C=O) groups excluding carboxylic acids is 1. The van der Waals surface area contributed by atoms with Gasteiger partial charge in [-0.3, -0.25) is 0 Å². The molecule has 0 aromatic carbocycles. The summed E-state index contributed by atoms with van der Waals surface area (Å²) in [5, 5.41) is 0. The summed E-state index contributed by atoms with van der Waals surface area (Å²) in [7, 11) is -0.111. The van der Waals surface area contributed by atoms with E-state index in [-0.39, 0.29) is 24.3 Å². The van der Waals surface area contributed by atoms with Gasteiger partial charge in [0.1, 0.15) is 0 Å². The van der Waals surface area contributed by atoms with E-state index in [4.69, 9.17) is 9.05 Å². The van der Waals surface area contributed by atoms with E-state index in [9.17, 15) is 9.69 Å². The van der Waals surface area contributed by atoms with Crippen molar-refractivity contribution in [1.82, 2.24) is 4.90 Å². The number of hydrogen-bond donors (Lipinski definition) is 1. The van der Waals surface area contributed by atoms with E-state index in [2.05, 4.69) is 0 Å². The van der Waals surface area contributed by atoms with Crippen molar-refractivity contribution in [3.63, 3.8) is 0 Å². The van der Waals surface area contributed by atoms with Gasteiger partial charge >= 0.3 is 97.6 Å². The molecule has 6 heteroatoms. The molecule has 16 heavy (non-hydrogen) atoms. The van der Waals surface area contributed by atoms with E-state index in [1.165, 1.54) is 4.90 Å². The summed E-state index contributed by atoms with van der Waals surface area (Å²) in [4.78, 5) is 23.2. The molecule has 0 aliphatic heterocycles. The van der Waals surface area contributed by atoms with Gasteiger partial charge in [-0.05, 0) is 0 Å². The molecule has 0 saturated carbocycles. The van der Waals surface area contributed by atoms with Gasteiger partial charge in [0.15, 0.2) is 0 Å². The third-order valence-electron chi connectivity index (χ3n) is 1.71. The van der Waals surface area contributed by atoms with Crippen LogP contribution in [0, 0.1) is 0 Å². The molecule has 5 nitrogen and oxygen atoms in total. The molecule has 0 heterocycles. The minimum atomic E-state index is -3.39. The van der Waals surface area contributed by atoms with E-state index in [1.54, 1.807) is 14.1 Å². The van der Waals surface area contributed by atoms with Gasteiger partial charge in [0, 0.05) is 0 Å². The first-order valence-corrected chi connectivity index (χ1v) is 7.41. The Bertz CT molecular complexity index is 221. The normalized spacial score (nSPS) is 13.3. The summed E-state index contributed by atoms with van der Waals surface area (Å²) in [5.74, 6) is -0.185. The Balaban J connectivity index is 4.58. The van der Waals surface area contributed by atoms with Crippen LogP contribution in [0.4, 0.5) is 0 Å². The van der Waals surface area contributed by atoms with E-state index in [1.807, 2.05) is 27.7 Å². The van der Waals surface area contributed by atoms with Crippen LogP contribution in [0.5, 0.6) is 0 Å². The average Bonchev–Trinajstić information content (AvgIpc) is 1.98. The fraction of sp³-hybridized carbons (Fsp3) is 0.900. The maximum atomic E-state index is 11.6. The summed E-state index contributed by atoms with van der Waals surface area (Å²) in [5.41, 5.74) is 0. The maximum absolute atomic E-state index is 11.6. The molecular weight excluding hydrogens is 229 g/mol. The zero-order valence-corrected chi connectivity index (χ0v) is 12.0. The van der Waals surface area contributed by atoms with Crippen LogP contribution in [-0.4, -0.2) is 48.2 Å². The van der Waals surface area contributed by atoms with Crippen LogP contribution < -0.4 is 0 Å². The molecule has 1 N–H and O–H groups in total. The Kier molecular flexibility index (Phi) is 6.41. The molecular formula is C10H24NO4P.